The van der Waals surface area contributed by atoms with E-state index in [1.165, 1.54) is 0 Å². The van der Waals surface area contributed by atoms with Gasteiger partial charge >= 0.3 is 85.5 Å². The zero-order chi connectivity index (χ0) is 9.40. The predicted octanol–water partition coefficient (Wildman–Crippen LogP) is 2.09. The minimum atomic E-state index is -2.05. The van der Waals surface area contributed by atoms with Crippen LogP contribution >= 0.6 is 0 Å². The topological polar surface area (TPSA) is 43.4 Å². The second-order valence-corrected chi connectivity index (χ2v) is 3.66. The van der Waals surface area contributed by atoms with Crippen molar-refractivity contribution in [3.8, 4) is 0 Å². The Kier molecular flexibility index (Phi) is 7.88. The number of hydrogen-bond donors (Lipinski definition) is 0. The maximum atomic E-state index is 11.1. The predicted molar refractivity (Wildman–Crippen MR) is 40.1 cm³/mol. The van der Waals surface area contributed by atoms with Gasteiger partial charge in [0.1, 0.15) is 0 Å². The fourth-order valence-electron chi connectivity index (χ4n) is 1.06. The molecule has 0 aromatic carbocycles. The van der Waals surface area contributed by atoms with E-state index in [-0.39, 0.29) is 11.9 Å². The van der Waals surface area contributed by atoms with Crippen LogP contribution in [0, 0.1) is 5.92 Å². The van der Waals surface area contributed by atoms with E-state index < -0.39 is 23.7 Å². The zero-order valence-corrected chi connectivity index (χ0v) is 10.1. The first-order chi connectivity index (χ1) is 5.76. The molecule has 0 saturated carbocycles. The summed E-state index contributed by atoms with van der Waals surface area (Å²) in [6, 6.07) is 0. The Morgan fingerprint density at radius 2 is 2.17 bits per heavy atom. The molecule has 0 aromatic rings. The summed E-state index contributed by atoms with van der Waals surface area (Å²) in [4.78, 5) is 11.1. The molecule has 4 heteroatoms. The Bertz CT molecular complexity index is 147. The molecule has 0 amide bonds. The Hall–Kier alpha value is 0.153. The molecule has 12 heavy (non-hydrogen) atoms. The van der Waals surface area contributed by atoms with Gasteiger partial charge in [-0.2, -0.15) is 0 Å². The van der Waals surface area contributed by atoms with Gasteiger partial charge in [0, 0.05) is 0 Å². The Morgan fingerprint density at radius 3 is 2.58 bits per heavy atom. The Morgan fingerprint density at radius 1 is 1.50 bits per heavy atom. The zero-order valence-electron chi connectivity index (χ0n) is 7.63. The monoisotopic (exact) mass is 249 g/mol. The van der Waals surface area contributed by atoms with Crippen molar-refractivity contribution in [1.82, 2.24) is 0 Å². The van der Waals surface area contributed by atoms with Crippen molar-refractivity contribution in [3.05, 3.63) is 0 Å². The van der Waals surface area contributed by atoms with Crippen LogP contribution in [-0.4, -0.2) is 5.97 Å². The van der Waals surface area contributed by atoms with E-state index in [0.717, 1.165) is 25.7 Å². The first-order valence-electron chi connectivity index (χ1n) is 4.34. The van der Waals surface area contributed by atoms with Gasteiger partial charge < -0.3 is 0 Å². The van der Waals surface area contributed by atoms with Crippen LogP contribution in [0.1, 0.15) is 39.5 Å². The fraction of sp³-hybridized carbons (Fsp3) is 0.875. The molecule has 0 fully saturated rings. The standard InChI is InChI=1S/C8H16O2.O.Zr/c1-3-5-6-7(4-2)8(9)10;;/h7H,3-6H2,1-2H3,(H,9,10);;/q;;+1/p-1. The van der Waals surface area contributed by atoms with Crippen molar-refractivity contribution in [2.45, 2.75) is 39.5 Å². The van der Waals surface area contributed by atoms with Gasteiger partial charge in [-0.1, -0.05) is 0 Å². The number of unbranched alkanes of at least 4 members (excludes halogenated alkanes) is 1. The van der Waals surface area contributed by atoms with Gasteiger partial charge in [0.25, 0.3) is 0 Å². The second-order valence-electron chi connectivity index (χ2n) is 2.75. The van der Waals surface area contributed by atoms with Gasteiger partial charge in [0.15, 0.2) is 0 Å². The normalized spacial score (nSPS) is 11.8. The van der Waals surface area contributed by atoms with Crippen LogP contribution in [0.15, 0.2) is 0 Å². The van der Waals surface area contributed by atoms with E-state index in [1.807, 2.05) is 6.92 Å². The van der Waals surface area contributed by atoms with Crippen LogP contribution in [0.3, 0.4) is 0 Å². The first-order valence-corrected chi connectivity index (χ1v) is 6.34. The molecule has 1 unspecified atom stereocenters. The van der Waals surface area contributed by atoms with E-state index >= 15 is 0 Å². The fourth-order valence-corrected chi connectivity index (χ4v) is 1.68. The third kappa shape index (κ3) is 4.92. The van der Waals surface area contributed by atoms with E-state index in [2.05, 4.69) is 9.74 Å². The molecule has 1 atom stereocenters. The third-order valence-corrected chi connectivity index (χ3v) is 2.57. The van der Waals surface area contributed by atoms with Gasteiger partial charge in [-0.25, -0.2) is 0 Å². The number of hydrogen-bond acceptors (Lipinski definition) is 3. The maximum absolute atomic E-state index is 11.1. The summed E-state index contributed by atoms with van der Waals surface area (Å²) in [5, 5.41) is 0. The molecule has 0 radical (unpaired) electrons. The average molecular weight is 250 g/mol. The van der Waals surface area contributed by atoms with E-state index in [1.54, 1.807) is 0 Å². The van der Waals surface area contributed by atoms with E-state index in [9.17, 15) is 7.61 Å². The van der Waals surface area contributed by atoms with Crippen LogP contribution in [0.25, 0.3) is 0 Å². The first kappa shape index (κ1) is 12.2. The molecule has 0 rings (SSSR count). The number of carbonyl (C=O) groups is 1. The Labute approximate surface area is 85.5 Å². The van der Waals surface area contributed by atoms with Crippen molar-refractivity contribution in [2.75, 3.05) is 0 Å². The van der Waals surface area contributed by atoms with Crippen molar-refractivity contribution in [3.63, 3.8) is 0 Å². The molecule has 0 spiro atoms. The van der Waals surface area contributed by atoms with Gasteiger partial charge in [0.2, 0.25) is 0 Å². The molecule has 0 aliphatic heterocycles. The SMILES string of the molecule is CCCCC(CC)C(=O)[O][Zr]=[O]. The molecule has 0 bridgehead atoms. The Balaban J connectivity index is 3.78. The average Bonchev–Trinajstić information content (AvgIpc) is 2.06. The summed E-state index contributed by atoms with van der Waals surface area (Å²) >= 11 is -2.05. The van der Waals surface area contributed by atoms with Gasteiger partial charge in [-0.3, -0.25) is 0 Å². The second kappa shape index (κ2) is 7.78. The number of rotatable bonds is 6. The summed E-state index contributed by atoms with van der Waals surface area (Å²) in [5.41, 5.74) is 0. The van der Waals surface area contributed by atoms with Crippen molar-refractivity contribution >= 4 is 5.97 Å². The van der Waals surface area contributed by atoms with Gasteiger partial charge in [0.05, 0.1) is 0 Å². The molecule has 0 N–H and O–H groups in total. The van der Waals surface area contributed by atoms with Crippen LogP contribution < -0.4 is 0 Å². The quantitative estimate of drug-likeness (QED) is 0.725. The van der Waals surface area contributed by atoms with Crippen LogP contribution in [0.4, 0.5) is 0 Å². The minimum absolute atomic E-state index is 0.0280. The van der Waals surface area contributed by atoms with Crippen molar-refractivity contribution < 1.29 is 34.1 Å². The molecule has 0 aliphatic carbocycles. The summed E-state index contributed by atoms with van der Waals surface area (Å²) < 4.78 is 14.7. The van der Waals surface area contributed by atoms with Gasteiger partial charge in [-0.15, -0.1) is 0 Å². The van der Waals surface area contributed by atoms with E-state index in [0.29, 0.717) is 0 Å². The van der Waals surface area contributed by atoms with Crippen LogP contribution in [0.5, 0.6) is 0 Å². The molecule has 69 valence electrons. The van der Waals surface area contributed by atoms with Crippen molar-refractivity contribution in [1.29, 1.82) is 0 Å². The molecular formula is C8H15O3Zr. The molecule has 0 aromatic heterocycles. The summed E-state index contributed by atoms with van der Waals surface area (Å²) in [7, 11) is 0. The molecular weight excluding hydrogens is 235 g/mol. The summed E-state index contributed by atoms with van der Waals surface area (Å²) in [6.45, 7) is 4.04. The molecule has 0 aliphatic rings. The summed E-state index contributed by atoms with van der Waals surface area (Å²) in [6.07, 6.45) is 3.78. The van der Waals surface area contributed by atoms with Crippen molar-refractivity contribution in [2.24, 2.45) is 5.92 Å². The van der Waals surface area contributed by atoms with E-state index in [4.69, 9.17) is 0 Å². The van der Waals surface area contributed by atoms with Crippen LogP contribution in [-0.2, 0) is 34.1 Å². The molecule has 0 heterocycles. The van der Waals surface area contributed by atoms with Crippen LogP contribution in [0.2, 0.25) is 0 Å². The summed E-state index contributed by atoms with van der Waals surface area (Å²) in [5.74, 6) is -0.285. The number of carbonyl (C=O) groups excluding carboxylic acids is 1. The van der Waals surface area contributed by atoms with Gasteiger partial charge in [-0.05, 0) is 0 Å². The third-order valence-electron chi connectivity index (χ3n) is 1.87. The molecule has 0 saturated heterocycles. The molecule has 3 nitrogen and oxygen atoms in total.